The van der Waals surface area contributed by atoms with E-state index in [1.165, 1.54) is 24.5 Å². The number of aryl methyl sites for hydroxylation is 1. The van der Waals surface area contributed by atoms with Gasteiger partial charge < -0.3 is 76.1 Å². The van der Waals surface area contributed by atoms with E-state index in [0.717, 1.165) is 11.1 Å². The van der Waals surface area contributed by atoms with Gasteiger partial charge in [-0.1, -0.05) is 20.8 Å². The maximum atomic E-state index is 15.4. The van der Waals surface area contributed by atoms with E-state index in [0.29, 0.717) is 60.0 Å². The van der Waals surface area contributed by atoms with E-state index in [2.05, 4.69) is 26.6 Å². The average molecular weight is 1070 g/mol. The van der Waals surface area contributed by atoms with Crippen LogP contribution in [0.25, 0.3) is 22.3 Å². The monoisotopic (exact) mass is 1070 g/mol. The van der Waals surface area contributed by atoms with Gasteiger partial charge in [-0.15, -0.1) is 0 Å². The third-order valence-electron chi connectivity index (χ3n) is 13.8. The molecule has 2 aliphatic rings. The molecular formula is C52H72FN7O16. The number of carbonyl (C=O) groups is 7. The van der Waals surface area contributed by atoms with Crippen molar-refractivity contribution in [2.45, 2.75) is 167 Å². The first-order valence-corrected chi connectivity index (χ1v) is 25.6. The quantitative estimate of drug-likeness (QED) is 0.0186. The molecule has 0 unspecified atom stereocenters. The molecule has 0 aliphatic carbocycles. The summed E-state index contributed by atoms with van der Waals surface area (Å²) in [5.74, 6) is -5.33. The second-order valence-electron chi connectivity index (χ2n) is 19.8. The van der Waals surface area contributed by atoms with Crippen LogP contribution < -0.4 is 32.1 Å². The fourth-order valence-corrected chi connectivity index (χ4v) is 9.05. The molecule has 5 rings (SSSR count). The summed E-state index contributed by atoms with van der Waals surface area (Å²) >= 11 is 0. The Labute approximate surface area is 438 Å². The molecule has 2 aromatic heterocycles. The molecule has 0 bridgehead atoms. The van der Waals surface area contributed by atoms with Crippen LogP contribution in [0.15, 0.2) is 23.0 Å². The third-order valence-corrected chi connectivity index (χ3v) is 13.8. The number of aliphatic hydroxyl groups excluding tert-OH is 5. The number of nitrogens with zero attached hydrogens (tertiary/aromatic N) is 2. The second-order valence-corrected chi connectivity index (χ2v) is 19.8. The van der Waals surface area contributed by atoms with Crippen LogP contribution in [-0.2, 0) is 68.2 Å². The molecule has 11 N–H and O–H groups in total. The van der Waals surface area contributed by atoms with Gasteiger partial charge in [-0.25, -0.2) is 14.2 Å². The van der Waals surface area contributed by atoms with Crippen LogP contribution in [0, 0.1) is 18.7 Å². The molecule has 1 aromatic carbocycles. The fourth-order valence-electron chi connectivity index (χ4n) is 9.05. The molecule has 0 spiro atoms. The molecule has 5 amide bonds. The number of ketones is 1. The zero-order valence-corrected chi connectivity index (χ0v) is 43.7. The first-order chi connectivity index (χ1) is 35.9. The van der Waals surface area contributed by atoms with E-state index in [-0.39, 0.29) is 69.1 Å². The lowest BCUT2D eigenvalue weighted by Crippen LogP contribution is -2.58. The van der Waals surface area contributed by atoms with Crippen molar-refractivity contribution in [2.75, 3.05) is 26.5 Å². The minimum atomic E-state index is -1.98. The molecule has 2 aliphatic heterocycles. The van der Waals surface area contributed by atoms with Crippen molar-refractivity contribution >= 4 is 52.2 Å². The van der Waals surface area contributed by atoms with E-state index in [1.54, 1.807) is 33.8 Å². The summed E-state index contributed by atoms with van der Waals surface area (Å²) in [7, 11) is 0. The minimum Gasteiger partial charge on any atom is -0.458 e. The Morgan fingerprint density at radius 1 is 0.868 bits per heavy atom. The van der Waals surface area contributed by atoms with Gasteiger partial charge in [0.2, 0.25) is 29.5 Å². The molecule has 418 valence electrons. The number of cyclic esters (lactones) is 1. The maximum Gasteiger partial charge on any atom is 0.343 e. The van der Waals surface area contributed by atoms with Crippen molar-refractivity contribution in [2.24, 2.45) is 5.92 Å². The number of nitrogens with one attached hydrogen (secondary N) is 5. The zero-order valence-electron chi connectivity index (χ0n) is 43.7. The molecule has 0 saturated heterocycles. The molecule has 0 saturated carbocycles. The van der Waals surface area contributed by atoms with Gasteiger partial charge in [0.1, 0.15) is 61.4 Å². The number of amides is 5. The van der Waals surface area contributed by atoms with Crippen LogP contribution in [0.2, 0.25) is 0 Å². The average Bonchev–Trinajstić information content (AvgIpc) is 3.75. The third kappa shape index (κ3) is 14.8. The summed E-state index contributed by atoms with van der Waals surface area (Å²) in [5.41, 5.74) is 1.12. The molecule has 24 heteroatoms. The number of ether oxygens (including phenoxy) is 2. The predicted molar refractivity (Wildman–Crippen MR) is 270 cm³/mol. The van der Waals surface area contributed by atoms with Gasteiger partial charge in [0.25, 0.3) is 5.56 Å². The van der Waals surface area contributed by atoms with Crippen LogP contribution in [0.5, 0.6) is 0 Å². The van der Waals surface area contributed by atoms with Gasteiger partial charge in [-0.2, -0.15) is 0 Å². The Morgan fingerprint density at radius 3 is 2.24 bits per heavy atom. The SMILES string of the molecule is CC[C@@]1(O)C(=O)OCc2c1cc1n(c2=O)Cc2cc3c(CCCCOCNC(=O)[C@H](C)NC(=O)[C@@H](NC(=O)[C@H](CCC(=O)NC[C@H](O)[C@@H](O)[C@H](O)[C@H](O)CO)NC(=O)CCCCC(C)=O)C(C)C)c(C)c(F)cc3nc2-1. The topological polar surface area (TPSA) is 354 Å². The first kappa shape index (κ1) is 60.6. The van der Waals surface area contributed by atoms with Gasteiger partial charge in [0.15, 0.2) is 5.60 Å². The number of aliphatic hydroxyl groups is 6. The number of fused-ring (bicyclic) bond motifs is 5. The number of benzene rings is 1. The predicted octanol–water partition coefficient (Wildman–Crippen LogP) is -0.448. The van der Waals surface area contributed by atoms with Gasteiger partial charge in [-0.3, -0.25) is 28.8 Å². The highest BCUT2D eigenvalue weighted by Gasteiger charge is 2.45. The normalized spacial score (nSPS) is 17.5. The Morgan fingerprint density at radius 2 is 1.57 bits per heavy atom. The number of hydrogen-bond acceptors (Lipinski definition) is 17. The number of aromatic nitrogens is 2. The van der Waals surface area contributed by atoms with Crippen molar-refractivity contribution in [3.8, 4) is 11.4 Å². The minimum absolute atomic E-state index is 0.00533. The number of rotatable bonds is 29. The summed E-state index contributed by atoms with van der Waals surface area (Å²) < 4.78 is 27.7. The number of halogens is 1. The van der Waals surface area contributed by atoms with Crippen molar-refractivity contribution in [3.63, 3.8) is 0 Å². The Hall–Kier alpha value is -6.28. The highest BCUT2D eigenvalue weighted by Crippen LogP contribution is 2.39. The second kappa shape index (κ2) is 27.2. The molecular weight excluding hydrogens is 998 g/mol. The lowest BCUT2D eigenvalue weighted by atomic mass is 9.86. The van der Waals surface area contributed by atoms with E-state index in [4.69, 9.17) is 19.6 Å². The number of Topliss-reactive ketones (excluding diaryl/α,β-unsaturated/α-hetero) is 1. The van der Waals surface area contributed by atoms with Gasteiger partial charge >= 0.3 is 5.97 Å². The fraction of sp³-hybridized carbons (Fsp3) is 0.596. The van der Waals surface area contributed by atoms with Crippen molar-refractivity contribution in [1.29, 1.82) is 0 Å². The zero-order chi connectivity index (χ0) is 56.2. The highest BCUT2D eigenvalue weighted by atomic mass is 19.1. The Kier molecular flexibility index (Phi) is 21.7. The van der Waals surface area contributed by atoms with E-state index in [1.807, 2.05) is 6.07 Å². The van der Waals surface area contributed by atoms with Crippen molar-refractivity contribution < 1.29 is 78.1 Å². The molecule has 0 radical (unpaired) electrons. The number of unbranched alkanes of at least 4 members (excludes halogenated alkanes) is 2. The first-order valence-electron chi connectivity index (χ1n) is 25.6. The van der Waals surface area contributed by atoms with Gasteiger partial charge in [0.05, 0.1) is 41.7 Å². The molecule has 8 atom stereocenters. The standard InChI is InChI=1S/C52H72FN7O16/c1-7-52(74)34-19-38-44-30(22-60(38)50(72)33(34)24-76-51(52)73)18-32-31(28(5)35(53)20-37(32)58-44)13-10-11-17-75-25-55-47(69)29(6)56-49(71)43(26(2)3)59-48(70)36(57-42(66)14-9-8-12-27(4)62)15-16-41(65)54-21-39(63)45(67)46(68)40(64)23-61/h18-20,26,29,36,39-40,43,45-46,61,63-64,67-68,74H,7-17,21-25H2,1-6H3,(H,54,65)(H,55,69)(H,56,71)(H,57,66)(H,59,70)/t29-,36-,39-,40+,43-,45+,46+,52-/m0/s1. The summed E-state index contributed by atoms with van der Waals surface area (Å²) in [4.78, 5) is 108. The lowest BCUT2D eigenvalue weighted by Gasteiger charge is -2.31. The number of pyridine rings is 2. The summed E-state index contributed by atoms with van der Waals surface area (Å²) in [6.07, 6.45) is -5.55. The van der Waals surface area contributed by atoms with Crippen LogP contribution in [0.4, 0.5) is 4.39 Å². The van der Waals surface area contributed by atoms with Crippen molar-refractivity contribution in [3.05, 3.63) is 62.2 Å². The molecule has 3 aromatic rings. The number of esters is 1. The maximum absolute atomic E-state index is 15.4. The highest BCUT2D eigenvalue weighted by molar-refractivity contribution is 5.95. The molecule has 4 heterocycles. The largest absolute Gasteiger partial charge is 0.458 e. The molecule has 76 heavy (non-hydrogen) atoms. The Balaban J connectivity index is 1.11. The van der Waals surface area contributed by atoms with E-state index in [9.17, 15) is 63.9 Å². The summed E-state index contributed by atoms with van der Waals surface area (Å²) in [6.45, 7) is 7.86. The van der Waals surface area contributed by atoms with Gasteiger partial charge in [0, 0.05) is 55.0 Å². The molecule has 23 nitrogen and oxygen atoms in total. The van der Waals surface area contributed by atoms with E-state index < -0.39 is 121 Å². The van der Waals surface area contributed by atoms with Crippen LogP contribution >= 0.6 is 0 Å². The number of hydrogen-bond donors (Lipinski definition) is 11. The lowest BCUT2D eigenvalue weighted by molar-refractivity contribution is -0.172. The summed E-state index contributed by atoms with van der Waals surface area (Å²) in [5, 5.41) is 73.2. The van der Waals surface area contributed by atoms with Crippen molar-refractivity contribution in [1.82, 2.24) is 36.1 Å². The summed E-state index contributed by atoms with van der Waals surface area (Å²) in [6, 6.07) is 1.17. The Bertz CT molecular complexity index is 2700. The smallest absolute Gasteiger partial charge is 0.343 e. The van der Waals surface area contributed by atoms with Crippen LogP contribution in [0.3, 0.4) is 0 Å². The molecule has 0 fully saturated rings. The van der Waals surface area contributed by atoms with Crippen LogP contribution in [0.1, 0.15) is 120 Å². The van der Waals surface area contributed by atoms with Crippen LogP contribution in [-0.4, -0.2) is 151 Å². The van der Waals surface area contributed by atoms with Gasteiger partial charge in [-0.05, 0) is 94.9 Å². The number of carbonyl (C=O) groups excluding carboxylic acids is 7. The van der Waals surface area contributed by atoms with E-state index >= 15 is 4.39 Å².